The highest BCUT2D eigenvalue weighted by Crippen LogP contribution is 2.33. The van der Waals surface area contributed by atoms with Crippen molar-refractivity contribution < 1.29 is 29.2 Å². The molecule has 0 atom stereocenters. The third kappa shape index (κ3) is 5.32. The Hall–Kier alpha value is -4.27. The quantitative estimate of drug-likeness (QED) is 0.317. The minimum absolute atomic E-state index is 0.285. The first-order valence-corrected chi connectivity index (χ1v) is 9.94. The molecule has 166 valence electrons. The summed E-state index contributed by atoms with van der Waals surface area (Å²) in [5, 5.41) is 19.6. The van der Waals surface area contributed by atoms with Crippen LogP contribution in [-0.2, 0) is 4.74 Å². The van der Waals surface area contributed by atoms with Gasteiger partial charge in [-0.2, -0.15) is 0 Å². The molecule has 0 amide bonds. The molecule has 0 aliphatic heterocycles. The first kappa shape index (κ1) is 21.9. The van der Waals surface area contributed by atoms with Gasteiger partial charge in [0.15, 0.2) is 6.29 Å². The molecule has 0 bridgehead atoms. The van der Waals surface area contributed by atoms with Gasteiger partial charge in [-0.15, -0.1) is 0 Å². The number of esters is 1. The number of nitrogens with zero attached hydrogens (tertiary/aromatic N) is 2. The summed E-state index contributed by atoms with van der Waals surface area (Å²) in [6.45, 7) is 0. The molecule has 4 aromatic rings. The predicted octanol–water partition coefficient (Wildman–Crippen LogP) is 4.50. The molecule has 0 saturated heterocycles. The lowest BCUT2D eigenvalue weighted by molar-refractivity contribution is -0.0420. The fraction of sp³-hybridized carbons (Fsp3) is 0.0800. The van der Waals surface area contributed by atoms with E-state index in [9.17, 15) is 15.0 Å². The summed E-state index contributed by atoms with van der Waals surface area (Å²) in [6, 6.07) is 18.3. The zero-order valence-electron chi connectivity index (χ0n) is 17.6. The molecule has 2 aromatic carbocycles. The topological polar surface area (TPSA) is 111 Å². The molecule has 0 unspecified atom stereocenters. The first-order chi connectivity index (χ1) is 16.0. The maximum atomic E-state index is 11.5. The molecular formula is C25H20N2O6. The third-order valence-electron chi connectivity index (χ3n) is 4.70. The number of methoxy groups -OCH3 is 1. The molecule has 8 nitrogen and oxygen atoms in total. The van der Waals surface area contributed by atoms with Gasteiger partial charge in [-0.1, -0.05) is 0 Å². The van der Waals surface area contributed by atoms with Gasteiger partial charge in [-0.25, -0.2) is 4.79 Å². The zero-order valence-corrected chi connectivity index (χ0v) is 17.6. The monoisotopic (exact) mass is 444 g/mol. The number of pyridine rings is 2. The summed E-state index contributed by atoms with van der Waals surface area (Å²) in [7, 11) is 1.32. The summed E-state index contributed by atoms with van der Waals surface area (Å²) in [5.74, 6) is 1.61. The van der Waals surface area contributed by atoms with Crippen molar-refractivity contribution in [1.29, 1.82) is 0 Å². The fourth-order valence-electron chi connectivity index (χ4n) is 3.10. The number of rotatable bonds is 7. The van der Waals surface area contributed by atoms with Crippen molar-refractivity contribution in [2.75, 3.05) is 7.11 Å². The second kappa shape index (κ2) is 9.90. The van der Waals surface area contributed by atoms with Gasteiger partial charge in [0.1, 0.15) is 23.0 Å². The number of aliphatic hydroxyl groups is 2. The number of aliphatic hydroxyl groups excluding tert-OH is 1. The van der Waals surface area contributed by atoms with Crippen molar-refractivity contribution in [3.8, 4) is 34.3 Å². The largest absolute Gasteiger partial charge is 0.465 e. The Morgan fingerprint density at radius 1 is 0.848 bits per heavy atom. The highest BCUT2D eigenvalue weighted by Gasteiger charge is 2.15. The Morgan fingerprint density at radius 3 is 2.18 bits per heavy atom. The fourth-order valence-corrected chi connectivity index (χ4v) is 3.10. The van der Waals surface area contributed by atoms with E-state index >= 15 is 0 Å². The smallest absolute Gasteiger partial charge is 0.337 e. The van der Waals surface area contributed by atoms with Crippen molar-refractivity contribution in [2.24, 2.45) is 0 Å². The molecule has 2 aromatic heterocycles. The number of carbonyl (C=O) groups is 1. The number of ether oxygens (including phenoxy) is 3. The third-order valence-corrected chi connectivity index (χ3v) is 4.70. The molecule has 2 heterocycles. The maximum Gasteiger partial charge on any atom is 0.337 e. The molecule has 0 radical (unpaired) electrons. The van der Waals surface area contributed by atoms with Gasteiger partial charge in [0, 0.05) is 17.3 Å². The van der Waals surface area contributed by atoms with Crippen LogP contribution in [0.2, 0.25) is 0 Å². The average Bonchev–Trinajstić information content (AvgIpc) is 2.85. The van der Waals surface area contributed by atoms with E-state index in [1.807, 2.05) is 0 Å². The summed E-state index contributed by atoms with van der Waals surface area (Å²) >= 11 is 0. The van der Waals surface area contributed by atoms with Gasteiger partial charge in [-0.05, 0) is 66.7 Å². The number of hydrogen-bond acceptors (Lipinski definition) is 8. The Morgan fingerprint density at radius 2 is 1.55 bits per heavy atom. The van der Waals surface area contributed by atoms with Crippen molar-refractivity contribution in [1.82, 2.24) is 9.97 Å². The van der Waals surface area contributed by atoms with E-state index in [1.54, 1.807) is 79.1 Å². The van der Waals surface area contributed by atoms with Crippen LogP contribution in [0.25, 0.3) is 11.3 Å². The number of hydrogen-bond donors (Lipinski definition) is 2. The van der Waals surface area contributed by atoms with Crippen molar-refractivity contribution >= 4 is 5.97 Å². The lowest BCUT2D eigenvalue weighted by Crippen LogP contribution is -2.00. The number of benzene rings is 2. The zero-order chi connectivity index (χ0) is 23.2. The molecule has 2 N–H and O–H groups in total. The molecular weight excluding hydrogens is 424 g/mol. The van der Waals surface area contributed by atoms with Gasteiger partial charge < -0.3 is 24.4 Å². The minimum atomic E-state index is -1.68. The summed E-state index contributed by atoms with van der Waals surface area (Å²) in [4.78, 5) is 20.0. The second-order valence-electron chi connectivity index (χ2n) is 6.91. The van der Waals surface area contributed by atoms with Crippen molar-refractivity contribution in [2.45, 2.75) is 6.29 Å². The minimum Gasteiger partial charge on any atom is -0.465 e. The van der Waals surface area contributed by atoms with Crippen LogP contribution in [0.1, 0.15) is 22.2 Å². The second-order valence-corrected chi connectivity index (χ2v) is 6.91. The molecule has 0 spiro atoms. The first-order valence-electron chi connectivity index (χ1n) is 9.94. The Bertz CT molecular complexity index is 1230. The van der Waals surface area contributed by atoms with Crippen LogP contribution in [-0.4, -0.2) is 33.3 Å². The SMILES string of the molecule is COC(=O)c1ccc(Oc2ccc(-c3cc(Oc4cccnc4)ccc3C(O)O)nc2)cc1. The van der Waals surface area contributed by atoms with E-state index in [-0.39, 0.29) is 5.56 Å². The summed E-state index contributed by atoms with van der Waals surface area (Å²) < 4.78 is 16.3. The Balaban J connectivity index is 1.56. The van der Waals surface area contributed by atoms with E-state index < -0.39 is 12.3 Å². The predicted molar refractivity (Wildman–Crippen MR) is 119 cm³/mol. The average molecular weight is 444 g/mol. The summed E-state index contributed by atoms with van der Waals surface area (Å²) in [6.07, 6.45) is 3.06. The van der Waals surface area contributed by atoms with Crippen LogP contribution in [0.4, 0.5) is 0 Å². The Labute approximate surface area is 189 Å². The van der Waals surface area contributed by atoms with E-state index in [1.165, 1.54) is 13.3 Å². The van der Waals surface area contributed by atoms with Crippen LogP contribution >= 0.6 is 0 Å². The van der Waals surface area contributed by atoms with Crippen LogP contribution in [0.5, 0.6) is 23.0 Å². The maximum absolute atomic E-state index is 11.5. The van der Waals surface area contributed by atoms with E-state index in [0.29, 0.717) is 39.8 Å². The summed E-state index contributed by atoms with van der Waals surface area (Å²) in [5.41, 5.74) is 1.71. The standard InChI is InChI=1S/C25H20N2O6/c1-31-25(30)16-4-6-17(7-5-16)32-20-9-11-23(27-15-20)22-13-18(8-10-21(22)24(28)29)33-19-3-2-12-26-14-19/h2-15,24,28-29H,1H3. The van der Waals surface area contributed by atoms with Gasteiger partial charge in [0.25, 0.3) is 0 Å². The van der Waals surface area contributed by atoms with E-state index in [2.05, 4.69) is 14.7 Å². The van der Waals surface area contributed by atoms with Crippen LogP contribution < -0.4 is 9.47 Å². The molecule has 0 saturated carbocycles. The number of carbonyl (C=O) groups excluding carboxylic acids is 1. The lowest BCUT2D eigenvalue weighted by Gasteiger charge is -2.14. The molecule has 0 aliphatic rings. The molecule has 8 heteroatoms. The molecule has 0 fully saturated rings. The van der Waals surface area contributed by atoms with Crippen LogP contribution in [0.3, 0.4) is 0 Å². The highest BCUT2D eigenvalue weighted by atomic mass is 16.5. The lowest BCUT2D eigenvalue weighted by atomic mass is 10.0. The normalized spacial score (nSPS) is 10.7. The molecule has 33 heavy (non-hydrogen) atoms. The van der Waals surface area contributed by atoms with Gasteiger partial charge >= 0.3 is 5.97 Å². The van der Waals surface area contributed by atoms with E-state index in [0.717, 1.165) is 0 Å². The number of aromatic nitrogens is 2. The Kier molecular flexibility index (Phi) is 6.58. The molecule has 0 aliphatic carbocycles. The van der Waals surface area contributed by atoms with Gasteiger partial charge in [0.05, 0.1) is 30.8 Å². The van der Waals surface area contributed by atoms with Crippen LogP contribution in [0.15, 0.2) is 85.3 Å². The van der Waals surface area contributed by atoms with Crippen molar-refractivity contribution in [3.05, 3.63) is 96.4 Å². The van der Waals surface area contributed by atoms with Crippen molar-refractivity contribution in [3.63, 3.8) is 0 Å². The van der Waals surface area contributed by atoms with Gasteiger partial charge in [0.2, 0.25) is 0 Å². The van der Waals surface area contributed by atoms with Crippen LogP contribution in [0, 0.1) is 0 Å². The highest BCUT2D eigenvalue weighted by molar-refractivity contribution is 5.89. The van der Waals surface area contributed by atoms with Gasteiger partial charge in [-0.3, -0.25) is 9.97 Å². The molecule has 4 rings (SSSR count). The van der Waals surface area contributed by atoms with E-state index in [4.69, 9.17) is 9.47 Å².